The highest BCUT2D eigenvalue weighted by Gasteiger charge is 2.31. The predicted molar refractivity (Wildman–Crippen MR) is 114 cm³/mol. The van der Waals surface area contributed by atoms with Crippen molar-refractivity contribution in [2.24, 2.45) is 0 Å². The number of amides is 1. The molecule has 1 saturated heterocycles. The fourth-order valence-electron chi connectivity index (χ4n) is 3.87. The van der Waals surface area contributed by atoms with Crippen molar-refractivity contribution in [1.29, 1.82) is 0 Å². The summed E-state index contributed by atoms with van der Waals surface area (Å²) in [5, 5.41) is 14.2. The van der Waals surface area contributed by atoms with E-state index in [1.165, 1.54) is 6.07 Å². The van der Waals surface area contributed by atoms with Crippen molar-refractivity contribution in [3.05, 3.63) is 58.1 Å². The predicted octanol–water partition coefficient (Wildman–Crippen LogP) is 4.17. The van der Waals surface area contributed by atoms with Crippen LogP contribution in [0.25, 0.3) is 0 Å². The number of nitrogens with one attached hydrogen (secondary N) is 1. The van der Waals surface area contributed by atoms with Gasteiger partial charge in [0.2, 0.25) is 5.91 Å². The Kier molecular flexibility index (Phi) is 7.11. The molecule has 8 nitrogen and oxygen atoms in total. The normalized spacial score (nSPS) is 15.7. The number of carbonyl (C=O) groups is 1. The van der Waals surface area contributed by atoms with E-state index in [0.717, 1.165) is 30.7 Å². The Morgan fingerprint density at radius 1 is 1.23 bits per heavy atom. The minimum Gasteiger partial charge on any atom is -0.497 e. The molecule has 1 heterocycles. The van der Waals surface area contributed by atoms with Crippen LogP contribution in [0.4, 0.5) is 11.4 Å². The summed E-state index contributed by atoms with van der Waals surface area (Å²) < 4.78 is 10.8. The number of nitrogens with zero attached hydrogens (tertiary/aromatic N) is 2. The lowest BCUT2D eigenvalue weighted by molar-refractivity contribution is -0.384. The number of hydrogen-bond donors (Lipinski definition) is 1. The second kappa shape index (κ2) is 9.96. The molecule has 0 spiro atoms. The first-order chi connectivity index (χ1) is 14.5. The number of methoxy groups -OCH3 is 2. The quantitative estimate of drug-likeness (QED) is 0.377. The van der Waals surface area contributed by atoms with E-state index in [-0.39, 0.29) is 17.6 Å². The van der Waals surface area contributed by atoms with Crippen LogP contribution in [0.1, 0.15) is 37.3 Å². The number of carbonyl (C=O) groups excluding carboxylic acids is 1. The first kappa shape index (κ1) is 21.4. The number of benzene rings is 2. The first-order valence-corrected chi connectivity index (χ1v) is 10.0. The average molecular weight is 413 g/mol. The molecule has 0 radical (unpaired) electrons. The van der Waals surface area contributed by atoms with Crippen molar-refractivity contribution in [2.45, 2.75) is 31.7 Å². The van der Waals surface area contributed by atoms with Crippen LogP contribution in [0.5, 0.6) is 11.5 Å². The lowest BCUT2D eigenvalue weighted by Crippen LogP contribution is -2.30. The van der Waals surface area contributed by atoms with Crippen molar-refractivity contribution < 1.29 is 19.2 Å². The highest BCUT2D eigenvalue weighted by atomic mass is 16.6. The zero-order valence-corrected chi connectivity index (χ0v) is 17.3. The lowest BCUT2D eigenvalue weighted by atomic mass is 10.0. The van der Waals surface area contributed by atoms with Gasteiger partial charge in [-0.3, -0.25) is 14.9 Å². The topological polar surface area (TPSA) is 93.9 Å². The van der Waals surface area contributed by atoms with Crippen molar-refractivity contribution in [2.75, 3.05) is 32.6 Å². The molecule has 1 aliphatic heterocycles. The standard InChI is InChI=1S/C22H27N3O5/c1-29-16-11-12-17(21(15-16)30-2)19-9-6-14-24(19)22(26)10-5-13-23-18-7-3-4-8-20(18)25(27)28/h3-4,7-8,11-12,15,19,23H,5-6,9-10,13-14H2,1-2H3/t19-/m1/s1. The molecule has 1 fully saturated rings. The zero-order chi connectivity index (χ0) is 21.5. The summed E-state index contributed by atoms with van der Waals surface area (Å²) in [6.45, 7) is 1.21. The Morgan fingerprint density at radius 3 is 2.77 bits per heavy atom. The van der Waals surface area contributed by atoms with Crippen LogP contribution < -0.4 is 14.8 Å². The molecule has 1 atom stereocenters. The van der Waals surface area contributed by atoms with Gasteiger partial charge >= 0.3 is 0 Å². The fraction of sp³-hybridized carbons (Fsp3) is 0.409. The Hall–Kier alpha value is -3.29. The van der Waals surface area contributed by atoms with E-state index >= 15 is 0 Å². The maximum Gasteiger partial charge on any atom is 0.292 e. The smallest absolute Gasteiger partial charge is 0.292 e. The lowest BCUT2D eigenvalue weighted by Gasteiger charge is -2.26. The highest BCUT2D eigenvalue weighted by Crippen LogP contribution is 2.39. The van der Waals surface area contributed by atoms with E-state index in [9.17, 15) is 14.9 Å². The van der Waals surface area contributed by atoms with E-state index in [1.807, 2.05) is 23.1 Å². The number of likely N-dealkylation sites (tertiary alicyclic amines) is 1. The van der Waals surface area contributed by atoms with Crippen molar-refractivity contribution in [3.8, 4) is 11.5 Å². The monoisotopic (exact) mass is 413 g/mol. The van der Waals surface area contributed by atoms with Gasteiger partial charge in [-0.25, -0.2) is 0 Å². The molecule has 1 N–H and O–H groups in total. The van der Waals surface area contributed by atoms with E-state index in [2.05, 4.69) is 5.32 Å². The molecule has 0 aromatic heterocycles. The second-order valence-corrected chi connectivity index (χ2v) is 7.16. The van der Waals surface area contributed by atoms with Gasteiger partial charge in [-0.2, -0.15) is 0 Å². The third kappa shape index (κ3) is 4.82. The van der Waals surface area contributed by atoms with Gasteiger partial charge < -0.3 is 19.7 Å². The van der Waals surface area contributed by atoms with E-state index < -0.39 is 4.92 Å². The summed E-state index contributed by atoms with van der Waals surface area (Å²) in [6, 6.07) is 12.2. The van der Waals surface area contributed by atoms with Gasteiger partial charge in [-0.05, 0) is 37.5 Å². The number of nitro groups is 1. The summed E-state index contributed by atoms with van der Waals surface area (Å²) in [5.41, 5.74) is 1.49. The number of nitro benzene ring substituents is 1. The van der Waals surface area contributed by atoms with Gasteiger partial charge in [-0.1, -0.05) is 12.1 Å². The van der Waals surface area contributed by atoms with Crippen molar-refractivity contribution in [3.63, 3.8) is 0 Å². The minimum atomic E-state index is -0.412. The fourth-order valence-corrected chi connectivity index (χ4v) is 3.87. The van der Waals surface area contributed by atoms with Gasteiger partial charge in [0, 0.05) is 37.2 Å². The van der Waals surface area contributed by atoms with Gasteiger partial charge in [0.1, 0.15) is 17.2 Å². The molecular formula is C22H27N3O5. The van der Waals surface area contributed by atoms with E-state index in [0.29, 0.717) is 30.8 Å². The molecule has 30 heavy (non-hydrogen) atoms. The first-order valence-electron chi connectivity index (χ1n) is 10.0. The van der Waals surface area contributed by atoms with Crippen molar-refractivity contribution in [1.82, 2.24) is 4.90 Å². The molecule has 3 rings (SSSR count). The summed E-state index contributed by atoms with van der Waals surface area (Å²) in [5.74, 6) is 1.52. The second-order valence-electron chi connectivity index (χ2n) is 7.16. The largest absolute Gasteiger partial charge is 0.497 e. The molecule has 8 heteroatoms. The van der Waals surface area contributed by atoms with Gasteiger partial charge in [0.25, 0.3) is 5.69 Å². The summed E-state index contributed by atoms with van der Waals surface area (Å²) >= 11 is 0. The maximum atomic E-state index is 12.9. The van der Waals surface area contributed by atoms with Crippen molar-refractivity contribution >= 4 is 17.3 Å². The van der Waals surface area contributed by atoms with Gasteiger partial charge in [-0.15, -0.1) is 0 Å². The number of para-hydroxylation sites is 2. The molecule has 0 saturated carbocycles. The van der Waals surface area contributed by atoms with Crippen LogP contribution in [-0.2, 0) is 4.79 Å². The van der Waals surface area contributed by atoms with Gasteiger partial charge in [0.15, 0.2) is 0 Å². The third-order valence-corrected chi connectivity index (χ3v) is 5.36. The molecule has 160 valence electrons. The molecule has 0 aliphatic carbocycles. The van der Waals surface area contributed by atoms with Crippen LogP contribution in [0.3, 0.4) is 0 Å². The Labute approximate surface area is 175 Å². The zero-order valence-electron chi connectivity index (χ0n) is 17.3. The highest BCUT2D eigenvalue weighted by molar-refractivity contribution is 5.77. The van der Waals surface area contributed by atoms with E-state index in [1.54, 1.807) is 32.4 Å². The SMILES string of the molecule is COc1ccc([C@H]2CCCN2C(=O)CCCNc2ccccc2[N+](=O)[O-])c(OC)c1. The molecule has 2 aromatic rings. The van der Waals surface area contributed by atoms with Crippen LogP contribution in [0.15, 0.2) is 42.5 Å². The summed E-state index contributed by atoms with van der Waals surface area (Å²) in [7, 11) is 3.23. The van der Waals surface area contributed by atoms with Crippen LogP contribution in [0.2, 0.25) is 0 Å². The molecule has 1 aliphatic rings. The molecule has 2 aromatic carbocycles. The number of hydrogen-bond acceptors (Lipinski definition) is 6. The summed E-state index contributed by atoms with van der Waals surface area (Å²) in [4.78, 5) is 25.4. The Balaban J connectivity index is 1.58. The van der Waals surface area contributed by atoms with Crippen LogP contribution in [0, 0.1) is 10.1 Å². The molecule has 1 amide bonds. The number of ether oxygens (including phenoxy) is 2. The number of anilines is 1. The number of rotatable bonds is 9. The maximum absolute atomic E-state index is 12.9. The van der Waals surface area contributed by atoms with Crippen LogP contribution >= 0.6 is 0 Å². The molecular weight excluding hydrogens is 386 g/mol. The van der Waals surface area contributed by atoms with Gasteiger partial charge in [0.05, 0.1) is 25.2 Å². The molecule has 0 bridgehead atoms. The summed E-state index contributed by atoms with van der Waals surface area (Å²) in [6.07, 6.45) is 2.80. The average Bonchev–Trinajstić information content (AvgIpc) is 3.26. The van der Waals surface area contributed by atoms with Crippen LogP contribution in [-0.4, -0.2) is 43.0 Å². The minimum absolute atomic E-state index is 0.0125. The van der Waals surface area contributed by atoms with E-state index in [4.69, 9.17) is 9.47 Å². The third-order valence-electron chi connectivity index (χ3n) is 5.36. The Bertz CT molecular complexity index is 902. The Morgan fingerprint density at radius 2 is 2.03 bits per heavy atom. The molecule has 0 unspecified atom stereocenters.